The van der Waals surface area contributed by atoms with Gasteiger partial charge in [0.1, 0.15) is 16.8 Å². The summed E-state index contributed by atoms with van der Waals surface area (Å²) in [6.45, 7) is 4.27. The molecule has 1 atom stereocenters. The molecule has 6 N–H and O–H groups in total. The van der Waals surface area contributed by atoms with Crippen LogP contribution < -0.4 is 15.9 Å². The molecule has 1 unspecified atom stereocenters. The Morgan fingerprint density at radius 1 is 1.16 bits per heavy atom. The highest BCUT2D eigenvalue weighted by Gasteiger charge is 2.18. The molecule has 0 aliphatic heterocycles. The van der Waals surface area contributed by atoms with Gasteiger partial charge in [-0.25, -0.2) is 14.3 Å². The van der Waals surface area contributed by atoms with Crippen LogP contribution >= 0.6 is 0 Å². The summed E-state index contributed by atoms with van der Waals surface area (Å²) in [6, 6.07) is 12.4. The molecule has 2 heterocycles. The predicted octanol–water partition coefficient (Wildman–Crippen LogP) is 1.16. The van der Waals surface area contributed by atoms with Crippen molar-refractivity contribution in [3.05, 3.63) is 59.5 Å². The molecule has 9 nitrogen and oxygen atoms in total. The maximum atomic E-state index is 11.9. The number of rotatable bonds is 7. The Labute approximate surface area is 187 Å². The Hall–Kier alpha value is -3.12. The Balaban J connectivity index is 1.72. The normalized spacial score (nSPS) is 12.2. The average molecular weight is 450 g/mol. The molecule has 0 saturated heterocycles. The molecule has 4 aromatic rings. The van der Waals surface area contributed by atoms with Crippen LogP contribution in [0.2, 0.25) is 0 Å². The van der Waals surface area contributed by atoms with Crippen molar-refractivity contribution >= 4 is 40.4 Å². The summed E-state index contributed by atoms with van der Waals surface area (Å²) in [5, 5.41) is 28.4. The topological polar surface area (TPSA) is 150 Å². The highest BCUT2D eigenvalue weighted by Crippen LogP contribution is 2.32. The molecule has 0 saturated carbocycles. The molecule has 0 radical (unpaired) electrons. The zero-order chi connectivity index (χ0) is 22.8. The third-order valence-corrected chi connectivity index (χ3v) is 5.89. The maximum Gasteiger partial charge on any atom is 0.488 e. The molecule has 0 aliphatic rings. The van der Waals surface area contributed by atoms with Gasteiger partial charge in [-0.05, 0) is 24.0 Å². The highest BCUT2D eigenvalue weighted by molar-refractivity contribution is 7.83. The summed E-state index contributed by atoms with van der Waals surface area (Å²) >= 11 is 0. The summed E-state index contributed by atoms with van der Waals surface area (Å²) in [7, 11) is -3.15. The number of fused-ring (bicyclic) bond motifs is 1. The molecule has 4 rings (SSSR count). The lowest BCUT2D eigenvalue weighted by Crippen LogP contribution is -2.30. The molecule has 164 valence electrons. The number of H-pyrrole nitrogens is 1. The van der Waals surface area contributed by atoms with Crippen molar-refractivity contribution in [1.82, 2.24) is 19.9 Å². The van der Waals surface area contributed by atoms with Crippen LogP contribution in [0.4, 0.5) is 5.95 Å². The van der Waals surface area contributed by atoms with Gasteiger partial charge in [-0.2, -0.15) is 9.97 Å². The molecule has 0 bridgehead atoms. The Morgan fingerprint density at radius 3 is 2.66 bits per heavy atom. The number of nitrogens with two attached hydrogens (primary N) is 1. The van der Waals surface area contributed by atoms with E-state index in [2.05, 4.69) is 25.3 Å². The summed E-state index contributed by atoms with van der Waals surface area (Å²) in [5.41, 5.74) is 3.61. The summed E-state index contributed by atoms with van der Waals surface area (Å²) in [4.78, 5) is 17.5. The van der Waals surface area contributed by atoms with E-state index >= 15 is 0 Å². The van der Waals surface area contributed by atoms with Gasteiger partial charge >= 0.3 is 7.12 Å². The van der Waals surface area contributed by atoms with E-state index in [1.165, 1.54) is 0 Å². The first-order valence-electron chi connectivity index (χ1n) is 10.1. The molecule has 2 aromatic carbocycles. The number of para-hydroxylation sites is 1. The number of hydrogen-bond acceptors (Lipinski definition) is 7. The molecule has 0 spiro atoms. The van der Waals surface area contributed by atoms with Crippen molar-refractivity contribution < 1.29 is 14.3 Å². The summed E-state index contributed by atoms with van der Waals surface area (Å²) in [5.74, 6) is 1.54. The van der Waals surface area contributed by atoms with E-state index in [1.807, 2.05) is 32.0 Å². The minimum atomic E-state index is -1.63. The number of anilines is 1. The van der Waals surface area contributed by atoms with Gasteiger partial charge in [0.05, 0.1) is 10.4 Å². The predicted molar refractivity (Wildman–Crippen MR) is 125 cm³/mol. The van der Waals surface area contributed by atoms with Crippen LogP contribution in [0.1, 0.15) is 24.0 Å². The monoisotopic (exact) mass is 450 g/mol. The number of nitrogens with zero attached hydrogens (tertiary/aromatic N) is 3. The molecular formula is C21H23BN6O3S. The third kappa shape index (κ3) is 4.41. The van der Waals surface area contributed by atoms with Gasteiger partial charge in [-0.3, -0.25) is 0 Å². The fraction of sp³-hybridized carbons (Fsp3) is 0.190. The van der Waals surface area contributed by atoms with Gasteiger partial charge < -0.3 is 20.3 Å². The molecule has 11 heteroatoms. The molecule has 32 heavy (non-hydrogen) atoms. The van der Waals surface area contributed by atoms with Gasteiger partial charge in [0.25, 0.3) is 0 Å². The SMILES string of the molecule is CCc1nc(NCc2cccc(B(O)O)c2)nc(-c2c(C)[nH]c3c(S(N)=O)cccc23)n1. The zero-order valence-electron chi connectivity index (χ0n) is 17.7. The van der Waals surface area contributed by atoms with Gasteiger partial charge in [0.15, 0.2) is 5.82 Å². The second kappa shape index (κ2) is 9.17. The number of nitrogens with one attached hydrogen (secondary N) is 2. The van der Waals surface area contributed by atoms with Gasteiger partial charge in [0, 0.05) is 29.6 Å². The van der Waals surface area contributed by atoms with E-state index in [0.29, 0.717) is 46.4 Å². The van der Waals surface area contributed by atoms with Gasteiger partial charge in [0.2, 0.25) is 5.95 Å². The molecule has 0 fully saturated rings. The van der Waals surface area contributed by atoms with Crippen LogP contribution in [0.15, 0.2) is 47.4 Å². The van der Waals surface area contributed by atoms with Crippen molar-refractivity contribution in [3.63, 3.8) is 0 Å². The lowest BCUT2D eigenvalue weighted by Gasteiger charge is -2.10. The van der Waals surface area contributed by atoms with Crippen molar-refractivity contribution in [2.75, 3.05) is 5.32 Å². The Morgan fingerprint density at radius 2 is 1.94 bits per heavy atom. The number of hydrogen-bond donors (Lipinski definition) is 5. The third-order valence-electron chi connectivity index (χ3n) is 5.12. The van der Waals surface area contributed by atoms with Crippen LogP contribution in [0, 0.1) is 6.92 Å². The van der Waals surface area contributed by atoms with Crippen molar-refractivity contribution in [1.29, 1.82) is 0 Å². The minimum absolute atomic E-state index is 0.399. The second-order valence-electron chi connectivity index (χ2n) is 7.33. The van der Waals surface area contributed by atoms with E-state index in [-0.39, 0.29) is 0 Å². The standard InChI is InChI=1S/C21H23BN6O3S/c1-3-17-26-20(18-12(2)25-19-15(18)8-5-9-16(19)32(23)31)28-21(27-17)24-11-13-6-4-7-14(10-13)22(29)30/h4-10,25,29-30H,3,11,23H2,1-2H3,(H,24,26,27,28). The highest BCUT2D eigenvalue weighted by atomic mass is 32.2. The van der Waals surface area contributed by atoms with Crippen LogP contribution in [0.25, 0.3) is 22.3 Å². The number of aromatic amines is 1. The van der Waals surface area contributed by atoms with Crippen molar-refractivity contribution in [2.45, 2.75) is 31.7 Å². The minimum Gasteiger partial charge on any atom is -0.423 e. The van der Waals surface area contributed by atoms with E-state index in [1.54, 1.807) is 24.3 Å². The fourth-order valence-corrected chi connectivity index (χ4v) is 4.16. The first kappa shape index (κ1) is 22.1. The van der Waals surface area contributed by atoms with Crippen LogP contribution in [-0.2, 0) is 24.0 Å². The smallest absolute Gasteiger partial charge is 0.423 e. The average Bonchev–Trinajstić information content (AvgIpc) is 3.13. The van der Waals surface area contributed by atoms with E-state index in [9.17, 15) is 14.3 Å². The second-order valence-corrected chi connectivity index (χ2v) is 8.36. The molecule has 2 aromatic heterocycles. The largest absolute Gasteiger partial charge is 0.488 e. The lowest BCUT2D eigenvalue weighted by atomic mass is 9.80. The molecular weight excluding hydrogens is 427 g/mol. The maximum absolute atomic E-state index is 11.9. The number of aryl methyl sites for hydroxylation is 2. The summed E-state index contributed by atoms with van der Waals surface area (Å²) < 4.78 is 11.9. The number of benzene rings is 2. The Kier molecular flexibility index (Phi) is 6.33. The molecule has 0 aliphatic carbocycles. The summed E-state index contributed by atoms with van der Waals surface area (Å²) in [6.07, 6.45) is 0.621. The van der Waals surface area contributed by atoms with Gasteiger partial charge in [-0.1, -0.05) is 43.3 Å². The van der Waals surface area contributed by atoms with Crippen LogP contribution in [0.5, 0.6) is 0 Å². The number of aromatic nitrogens is 4. The van der Waals surface area contributed by atoms with E-state index < -0.39 is 18.1 Å². The van der Waals surface area contributed by atoms with E-state index in [0.717, 1.165) is 22.2 Å². The first-order valence-corrected chi connectivity index (χ1v) is 11.3. The van der Waals surface area contributed by atoms with Gasteiger partial charge in [-0.15, -0.1) is 0 Å². The zero-order valence-corrected chi connectivity index (χ0v) is 18.5. The first-order chi connectivity index (χ1) is 15.4. The van der Waals surface area contributed by atoms with Crippen LogP contribution in [-0.4, -0.2) is 41.3 Å². The fourth-order valence-electron chi connectivity index (χ4n) is 3.59. The Bertz CT molecular complexity index is 1310. The van der Waals surface area contributed by atoms with E-state index in [4.69, 9.17) is 5.14 Å². The van der Waals surface area contributed by atoms with Crippen molar-refractivity contribution in [2.24, 2.45) is 5.14 Å². The van der Waals surface area contributed by atoms with Crippen LogP contribution in [0.3, 0.4) is 0 Å². The van der Waals surface area contributed by atoms with Crippen molar-refractivity contribution in [3.8, 4) is 11.4 Å². The quantitative estimate of drug-likeness (QED) is 0.265. The molecule has 0 amide bonds. The lowest BCUT2D eigenvalue weighted by molar-refractivity contribution is 0.425.